The van der Waals surface area contributed by atoms with Crippen molar-refractivity contribution in [1.29, 1.82) is 0 Å². The number of para-hydroxylation sites is 2. The van der Waals surface area contributed by atoms with E-state index in [0.717, 1.165) is 35.1 Å². The van der Waals surface area contributed by atoms with Gasteiger partial charge in [-0.15, -0.1) is 0 Å². The Balaban J connectivity index is 0.000000148. The number of rotatable bonds is 4. The van der Waals surface area contributed by atoms with Crippen LogP contribution in [0.4, 0.5) is 0 Å². The Morgan fingerprint density at radius 3 is 1.42 bits per heavy atom. The molecule has 6 rings (SSSR count). The van der Waals surface area contributed by atoms with Gasteiger partial charge in [0.25, 0.3) is 0 Å². The number of benzene rings is 4. The summed E-state index contributed by atoms with van der Waals surface area (Å²) in [7, 11) is 0. The van der Waals surface area contributed by atoms with Crippen LogP contribution in [0.2, 0.25) is 0 Å². The van der Waals surface area contributed by atoms with Crippen molar-refractivity contribution >= 4 is 0 Å². The fourth-order valence-electron chi connectivity index (χ4n) is 5.06. The number of phenols is 2. The number of hydrogen-bond donors (Lipinski definition) is 2. The SMILES string of the molecule is CC[C@@H]1OCc2ccc(-c3ccccc3O)cc21.CC[C@H]1OCc2ccc(-c3ccccc3O)cc21. The summed E-state index contributed by atoms with van der Waals surface area (Å²) in [6.07, 6.45) is 2.37. The van der Waals surface area contributed by atoms with Gasteiger partial charge in [-0.05, 0) is 70.5 Å². The lowest BCUT2D eigenvalue weighted by atomic mass is 9.96. The molecule has 4 aromatic carbocycles. The summed E-state index contributed by atoms with van der Waals surface area (Å²) in [6.45, 7) is 5.67. The Bertz CT molecular complexity index is 1260. The van der Waals surface area contributed by atoms with E-state index in [9.17, 15) is 10.2 Å². The van der Waals surface area contributed by atoms with Crippen molar-refractivity contribution in [2.75, 3.05) is 0 Å². The quantitative estimate of drug-likeness (QED) is 0.310. The lowest BCUT2D eigenvalue weighted by molar-refractivity contribution is 0.0636. The maximum atomic E-state index is 9.90. The molecule has 0 spiro atoms. The Labute approximate surface area is 212 Å². The first-order chi connectivity index (χ1) is 17.6. The molecule has 0 saturated carbocycles. The molecule has 2 aliphatic rings. The van der Waals surface area contributed by atoms with Crippen LogP contribution in [0.3, 0.4) is 0 Å². The average molecular weight is 481 g/mol. The van der Waals surface area contributed by atoms with Gasteiger partial charge in [0.1, 0.15) is 11.5 Å². The van der Waals surface area contributed by atoms with E-state index < -0.39 is 0 Å². The molecule has 36 heavy (non-hydrogen) atoms. The molecule has 4 aromatic rings. The molecule has 0 radical (unpaired) electrons. The molecule has 184 valence electrons. The van der Waals surface area contributed by atoms with Gasteiger partial charge in [-0.25, -0.2) is 0 Å². The molecular weight excluding hydrogens is 448 g/mol. The van der Waals surface area contributed by atoms with Crippen LogP contribution < -0.4 is 0 Å². The molecular formula is C32H32O4. The van der Waals surface area contributed by atoms with Gasteiger partial charge in [0, 0.05) is 11.1 Å². The van der Waals surface area contributed by atoms with Crippen LogP contribution in [0.1, 0.15) is 61.2 Å². The van der Waals surface area contributed by atoms with Crippen LogP contribution in [0.5, 0.6) is 11.5 Å². The molecule has 4 heteroatoms. The number of phenolic OH excluding ortho intramolecular Hbond substituents is 2. The monoisotopic (exact) mass is 480 g/mol. The van der Waals surface area contributed by atoms with Gasteiger partial charge in [0.15, 0.2) is 0 Å². The normalized spacial score (nSPS) is 17.7. The fraction of sp³-hybridized carbons (Fsp3) is 0.250. The number of ether oxygens (including phenoxy) is 2. The first-order valence-electron chi connectivity index (χ1n) is 12.6. The zero-order valence-corrected chi connectivity index (χ0v) is 20.8. The van der Waals surface area contributed by atoms with Crippen LogP contribution in [-0.4, -0.2) is 10.2 Å². The second-order valence-electron chi connectivity index (χ2n) is 9.28. The smallest absolute Gasteiger partial charge is 0.123 e. The largest absolute Gasteiger partial charge is 0.507 e. The van der Waals surface area contributed by atoms with Crippen molar-refractivity contribution < 1.29 is 19.7 Å². The predicted octanol–water partition coefficient (Wildman–Crippen LogP) is 8.08. The third kappa shape index (κ3) is 4.75. The lowest BCUT2D eigenvalue weighted by Gasteiger charge is -2.10. The molecule has 0 amide bonds. The highest BCUT2D eigenvalue weighted by Crippen LogP contribution is 2.39. The standard InChI is InChI=1S/2C16H16O2/c2*1-2-16-14-9-11(7-8-12(14)10-18-16)13-5-3-4-6-15(13)17/h2*3-9,16-17H,2,10H2,1H3/t2*16-/m10/s1. The van der Waals surface area contributed by atoms with Crippen molar-refractivity contribution in [2.24, 2.45) is 0 Å². The zero-order chi connectivity index (χ0) is 25.1. The van der Waals surface area contributed by atoms with Crippen LogP contribution in [0.25, 0.3) is 22.3 Å². The zero-order valence-electron chi connectivity index (χ0n) is 20.8. The molecule has 0 aliphatic carbocycles. The number of aromatic hydroxyl groups is 2. The van der Waals surface area contributed by atoms with E-state index in [1.54, 1.807) is 12.1 Å². The summed E-state index contributed by atoms with van der Waals surface area (Å²) in [5.41, 5.74) is 8.91. The molecule has 0 unspecified atom stereocenters. The van der Waals surface area contributed by atoms with Crippen molar-refractivity contribution in [3.63, 3.8) is 0 Å². The minimum absolute atomic E-state index is 0.200. The topological polar surface area (TPSA) is 58.9 Å². The van der Waals surface area contributed by atoms with Crippen LogP contribution in [0, 0.1) is 0 Å². The van der Waals surface area contributed by atoms with Crippen molar-refractivity contribution in [3.8, 4) is 33.8 Å². The molecule has 2 atom stereocenters. The Morgan fingerprint density at radius 1 is 0.611 bits per heavy atom. The fourth-order valence-corrected chi connectivity index (χ4v) is 5.06. The van der Waals surface area contributed by atoms with Gasteiger partial charge < -0.3 is 19.7 Å². The maximum Gasteiger partial charge on any atom is 0.123 e. The first kappa shape index (κ1) is 24.1. The highest BCUT2D eigenvalue weighted by molar-refractivity contribution is 5.72. The highest BCUT2D eigenvalue weighted by Gasteiger charge is 2.23. The highest BCUT2D eigenvalue weighted by atomic mass is 16.5. The minimum atomic E-state index is 0.200. The molecule has 0 bridgehead atoms. The van der Waals surface area contributed by atoms with Gasteiger partial charge in [0.2, 0.25) is 0 Å². The summed E-state index contributed by atoms with van der Waals surface area (Å²) >= 11 is 0. The second kappa shape index (κ2) is 10.6. The van der Waals surface area contributed by atoms with E-state index in [-0.39, 0.29) is 12.2 Å². The summed E-state index contributed by atoms with van der Waals surface area (Å²) < 4.78 is 11.5. The van der Waals surface area contributed by atoms with Gasteiger partial charge in [-0.2, -0.15) is 0 Å². The molecule has 0 aromatic heterocycles. The number of fused-ring (bicyclic) bond motifs is 2. The van der Waals surface area contributed by atoms with Crippen molar-refractivity contribution in [2.45, 2.75) is 52.1 Å². The van der Waals surface area contributed by atoms with E-state index in [1.165, 1.54) is 22.3 Å². The molecule has 0 saturated heterocycles. The lowest BCUT2D eigenvalue weighted by Crippen LogP contribution is -1.93. The Kier molecular flexibility index (Phi) is 7.08. The van der Waals surface area contributed by atoms with Crippen LogP contribution in [-0.2, 0) is 22.7 Å². The first-order valence-corrected chi connectivity index (χ1v) is 12.6. The van der Waals surface area contributed by atoms with Gasteiger partial charge in [0.05, 0.1) is 25.4 Å². The van der Waals surface area contributed by atoms with Crippen LogP contribution in [0.15, 0.2) is 84.9 Å². The minimum Gasteiger partial charge on any atom is -0.507 e. The molecule has 0 fully saturated rings. The Hall–Kier alpha value is -3.60. The third-order valence-electron chi connectivity index (χ3n) is 7.04. The molecule has 2 aliphatic heterocycles. The third-order valence-corrected chi connectivity index (χ3v) is 7.04. The van der Waals surface area contributed by atoms with Crippen molar-refractivity contribution in [1.82, 2.24) is 0 Å². The van der Waals surface area contributed by atoms with Crippen molar-refractivity contribution in [3.05, 3.63) is 107 Å². The molecule has 2 heterocycles. The van der Waals surface area contributed by atoms with Gasteiger partial charge >= 0.3 is 0 Å². The molecule has 4 nitrogen and oxygen atoms in total. The van der Waals surface area contributed by atoms with E-state index in [1.807, 2.05) is 36.4 Å². The van der Waals surface area contributed by atoms with E-state index in [2.05, 4.69) is 50.2 Å². The van der Waals surface area contributed by atoms with E-state index in [0.29, 0.717) is 24.7 Å². The van der Waals surface area contributed by atoms with Gasteiger partial charge in [-0.1, -0.05) is 74.5 Å². The summed E-state index contributed by atoms with van der Waals surface area (Å²) in [6, 6.07) is 27.5. The van der Waals surface area contributed by atoms with E-state index >= 15 is 0 Å². The predicted molar refractivity (Wildman–Crippen MR) is 143 cm³/mol. The maximum absolute atomic E-state index is 9.90. The van der Waals surface area contributed by atoms with Gasteiger partial charge in [-0.3, -0.25) is 0 Å². The van der Waals surface area contributed by atoms with Crippen LogP contribution >= 0.6 is 0 Å². The average Bonchev–Trinajstić information content (AvgIpc) is 3.52. The summed E-state index contributed by atoms with van der Waals surface area (Å²) in [4.78, 5) is 0. The summed E-state index contributed by atoms with van der Waals surface area (Å²) in [5.74, 6) is 0.647. The second-order valence-corrected chi connectivity index (χ2v) is 9.28. The van der Waals surface area contributed by atoms with E-state index in [4.69, 9.17) is 9.47 Å². The number of hydrogen-bond acceptors (Lipinski definition) is 4. The molecule has 2 N–H and O–H groups in total. The summed E-state index contributed by atoms with van der Waals surface area (Å²) in [5, 5.41) is 19.8. The Morgan fingerprint density at radius 2 is 1.03 bits per heavy atom.